The molecule has 0 radical (unpaired) electrons. The van der Waals surface area contributed by atoms with E-state index in [1.165, 1.54) is 4.90 Å². The van der Waals surface area contributed by atoms with E-state index in [-0.39, 0.29) is 30.8 Å². The summed E-state index contributed by atoms with van der Waals surface area (Å²) in [6.45, 7) is 8.41. The number of nitrogens with zero attached hydrogens (tertiary/aromatic N) is 2. The molecule has 0 saturated carbocycles. The van der Waals surface area contributed by atoms with E-state index in [0.717, 1.165) is 6.42 Å². The third-order valence-electron chi connectivity index (χ3n) is 3.36. The van der Waals surface area contributed by atoms with Gasteiger partial charge in [0.2, 0.25) is 0 Å². The zero-order chi connectivity index (χ0) is 14.6. The highest BCUT2D eigenvalue weighted by Crippen LogP contribution is 2.15. The molecule has 0 aromatic carbocycles. The summed E-state index contributed by atoms with van der Waals surface area (Å²) < 4.78 is 5.59. The van der Waals surface area contributed by atoms with Crippen LogP contribution in [0.2, 0.25) is 0 Å². The molecule has 1 rings (SSSR count). The number of carboxylic acids is 1. The zero-order valence-corrected chi connectivity index (χ0v) is 12.1. The van der Waals surface area contributed by atoms with Crippen LogP contribution in [0.4, 0.5) is 4.79 Å². The summed E-state index contributed by atoms with van der Waals surface area (Å²) in [5, 5.41) is 8.94. The summed E-state index contributed by atoms with van der Waals surface area (Å²) in [6.07, 6.45) is 0.696. The van der Waals surface area contributed by atoms with Crippen LogP contribution >= 0.6 is 0 Å². The van der Waals surface area contributed by atoms with Gasteiger partial charge in [0.1, 0.15) is 6.54 Å². The number of rotatable bonds is 4. The molecule has 1 saturated heterocycles. The molecule has 2 amide bonds. The molecule has 1 N–H and O–H groups in total. The Morgan fingerprint density at radius 2 is 1.89 bits per heavy atom. The number of hydrogen-bond acceptors (Lipinski definition) is 3. The van der Waals surface area contributed by atoms with Crippen LogP contribution in [0.3, 0.4) is 0 Å². The molecule has 6 heteroatoms. The molecule has 1 heterocycles. The minimum atomic E-state index is -0.983. The maximum absolute atomic E-state index is 12.5. The molecule has 1 aliphatic heterocycles. The van der Waals surface area contributed by atoms with Gasteiger partial charge in [-0.05, 0) is 27.2 Å². The first-order valence-electron chi connectivity index (χ1n) is 6.77. The average Bonchev–Trinajstić information content (AvgIpc) is 2.32. The van der Waals surface area contributed by atoms with Gasteiger partial charge >= 0.3 is 12.0 Å². The highest BCUT2D eigenvalue weighted by atomic mass is 16.5. The van der Waals surface area contributed by atoms with Crippen molar-refractivity contribution in [3.8, 4) is 0 Å². The van der Waals surface area contributed by atoms with Crippen molar-refractivity contribution in [3.63, 3.8) is 0 Å². The van der Waals surface area contributed by atoms with E-state index in [1.54, 1.807) is 4.90 Å². The average molecular weight is 272 g/mol. The van der Waals surface area contributed by atoms with Crippen molar-refractivity contribution in [2.75, 3.05) is 19.6 Å². The second-order valence-corrected chi connectivity index (χ2v) is 5.22. The van der Waals surface area contributed by atoms with E-state index >= 15 is 0 Å². The first kappa shape index (κ1) is 15.8. The van der Waals surface area contributed by atoms with Crippen molar-refractivity contribution in [2.24, 2.45) is 0 Å². The van der Waals surface area contributed by atoms with Gasteiger partial charge in [-0.1, -0.05) is 6.92 Å². The summed E-state index contributed by atoms with van der Waals surface area (Å²) in [4.78, 5) is 26.5. The van der Waals surface area contributed by atoms with Gasteiger partial charge in [0.05, 0.1) is 12.2 Å². The van der Waals surface area contributed by atoms with Crippen molar-refractivity contribution in [1.82, 2.24) is 9.80 Å². The minimum Gasteiger partial charge on any atom is -0.480 e. The van der Waals surface area contributed by atoms with Gasteiger partial charge in [0.15, 0.2) is 0 Å². The molecule has 0 spiro atoms. The smallest absolute Gasteiger partial charge is 0.323 e. The molecule has 6 nitrogen and oxygen atoms in total. The highest BCUT2D eigenvalue weighted by molar-refractivity contribution is 5.80. The summed E-state index contributed by atoms with van der Waals surface area (Å²) >= 11 is 0. The van der Waals surface area contributed by atoms with Gasteiger partial charge in [-0.15, -0.1) is 0 Å². The van der Waals surface area contributed by atoms with E-state index in [2.05, 4.69) is 0 Å². The molecular formula is C13H24N2O4. The zero-order valence-electron chi connectivity index (χ0n) is 12.1. The molecule has 110 valence electrons. The SMILES string of the molecule is CCC(C)N(CC(=O)O)C(=O)N1CC(C)OC(C)C1. The van der Waals surface area contributed by atoms with Crippen LogP contribution in [0.5, 0.6) is 0 Å². The van der Waals surface area contributed by atoms with Crippen LogP contribution in [-0.4, -0.2) is 64.8 Å². The number of hydrogen-bond donors (Lipinski definition) is 1. The van der Waals surface area contributed by atoms with Gasteiger partial charge in [-0.2, -0.15) is 0 Å². The van der Waals surface area contributed by atoms with E-state index < -0.39 is 5.97 Å². The summed E-state index contributed by atoms with van der Waals surface area (Å²) in [6, 6.07) is -0.296. The lowest BCUT2D eigenvalue weighted by Gasteiger charge is -2.39. The van der Waals surface area contributed by atoms with Gasteiger partial charge in [0.25, 0.3) is 0 Å². The number of ether oxygens (including phenoxy) is 1. The third kappa shape index (κ3) is 4.38. The van der Waals surface area contributed by atoms with E-state index in [0.29, 0.717) is 13.1 Å². The van der Waals surface area contributed by atoms with Gasteiger partial charge < -0.3 is 19.6 Å². The van der Waals surface area contributed by atoms with Crippen molar-refractivity contribution in [1.29, 1.82) is 0 Å². The Kier molecular flexibility index (Phi) is 5.60. The van der Waals surface area contributed by atoms with Gasteiger partial charge in [-0.3, -0.25) is 4.79 Å². The second kappa shape index (κ2) is 6.75. The molecule has 3 atom stereocenters. The van der Waals surface area contributed by atoms with E-state index in [9.17, 15) is 9.59 Å². The number of carboxylic acid groups (broad SMARTS) is 1. The lowest BCUT2D eigenvalue weighted by atomic mass is 10.2. The van der Waals surface area contributed by atoms with Crippen LogP contribution in [-0.2, 0) is 9.53 Å². The van der Waals surface area contributed by atoms with Gasteiger partial charge in [0, 0.05) is 19.1 Å². The van der Waals surface area contributed by atoms with Crippen molar-refractivity contribution in [2.45, 2.75) is 52.4 Å². The molecule has 0 aromatic rings. The summed E-state index contributed by atoms with van der Waals surface area (Å²) in [5.41, 5.74) is 0. The van der Waals surface area contributed by atoms with Crippen LogP contribution in [0.15, 0.2) is 0 Å². The number of carbonyl (C=O) groups is 2. The van der Waals surface area contributed by atoms with Crippen LogP contribution in [0.25, 0.3) is 0 Å². The first-order valence-corrected chi connectivity index (χ1v) is 6.77. The van der Waals surface area contributed by atoms with Crippen molar-refractivity contribution in [3.05, 3.63) is 0 Å². The third-order valence-corrected chi connectivity index (χ3v) is 3.36. The number of carbonyl (C=O) groups excluding carboxylic acids is 1. The Morgan fingerprint density at radius 1 is 1.37 bits per heavy atom. The highest BCUT2D eigenvalue weighted by Gasteiger charge is 2.31. The molecule has 3 unspecified atom stereocenters. The first-order chi connectivity index (χ1) is 8.85. The lowest BCUT2D eigenvalue weighted by Crippen LogP contribution is -2.55. The van der Waals surface area contributed by atoms with Crippen LogP contribution in [0, 0.1) is 0 Å². The number of urea groups is 1. The fourth-order valence-electron chi connectivity index (χ4n) is 2.29. The van der Waals surface area contributed by atoms with Crippen molar-refractivity contribution >= 4 is 12.0 Å². The predicted octanol–water partition coefficient (Wildman–Crippen LogP) is 1.40. The molecule has 0 aromatic heterocycles. The van der Waals surface area contributed by atoms with Gasteiger partial charge in [-0.25, -0.2) is 4.79 Å². The Morgan fingerprint density at radius 3 is 2.32 bits per heavy atom. The molecule has 1 fully saturated rings. The fraction of sp³-hybridized carbons (Fsp3) is 0.846. The van der Waals surface area contributed by atoms with E-state index in [4.69, 9.17) is 9.84 Å². The number of amides is 2. The second-order valence-electron chi connectivity index (χ2n) is 5.22. The largest absolute Gasteiger partial charge is 0.480 e. The Labute approximate surface area is 114 Å². The Hall–Kier alpha value is -1.30. The minimum absolute atomic E-state index is 0.0173. The Balaban J connectivity index is 2.77. The lowest BCUT2D eigenvalue weighted by molar-refractivity contribution is -0.138. The van der Waals surface area contributed by atoms with Crippen molar-refractivity contribution < 1.29 is 19.4 Å². The molecular weight excluding hydrogens is 248 g/mol. The van der Waals surface area contributed by atoms with E-state index in [1.807, 2.05) is 27.7 Å². The maximum Gasteiger partial charge on any atom is 0.323 e. The summed E-state index contributed by atoms with van der Waals surface area (Å²) in [7, 11) is 0. The van der Waals surface area contributed by atoms with Crippen LogP contribution in [0.1, 0.15) is 34.1 Å². The topological polar surface area (TPSA) is 70.1 Å². The molecule has 19 heavy (non-hydrogen) atoms. The molecule has 1 aliphatic rings. The number of morpholine rings is 1. The fourth-order valence-corrected chi connectivity index (χ4v) is 2.29. The summed E-state index contributed by atoms with van der Waals surface area (Å²) in [5.74, 6) is -0.983. The Bertz CT molecular complexity index is 325. The standard InChI is InChI=1S/C13H24N2O4/c1-5-9(2)15(8-12(16)17)13(18)14-6-10(3)19-11(4)7-14/h9-11H,5-8H2,1-4H3,(H,16,17). The quantitative estimate of drug-likeness (QED) is 0.840. The maximum atomic E-state index is 12.5. The normalized spacial score (nSPS) is 24.9. The molecule has 0 aliphatic carbocycles. The number of aliphatic carboxylic acids is 1. The monoisotopic (exact) mass is 272 g/mol. The molecule has 0 bridgehead atoms. The van der Waals surface area contributed by atoms with Crippen LogP contribution < -0.4 is 0 Å². The predicted molar refractivity (Wildman–Crippen MR) is 71.1 cm³/mol.